The summed E-state index contributed by atoms with van der Waals surface area (Å²) in [5.41, 5.74) is 0.392. The number of carbonyl (C=O) groups excluding carboxylic acids is 1. The molecule has 0 spiro atoms. The Labute approximate surface area is 149 Å². The fourth-order valence-corrected chi connectivity index (χ4v) is 2.39. The van der Waals surface area contributed by atoms with Crippen LogP contribution in [0.3, 0.4) is 0 Å². The van der Waals surface area contributed by atoms with Crippen LogP contribution in [0.25, 0.3) is 0 Å². The van der Waals surface area contributed by atoms with Crippen LogP contribution in [0.15, 0.2) is 61.2 Å². The van der Waals surface area contributed by atoms with Gasteiger partial charge in [0.15, 0.2) is 0 Å². The van der Waals surface area contributed by atoms with E-state index in [1.807, 2.05) is 10.8 Å². The topological polar surface area (TPSA) is 56.1 Å². The third kappa shape index (κ3) is 4.58. The zero-order chi connectivity index (χ0) is 17.6. The van der Waals surface area contributed by atoms with E-state index in [1.54, 1.807) is 36.8 Å². The van der Waals surface area contributed by atoms with Crippen molar-refractivity contribution in [1.82, 2.24) is 9.55 Å². The van der Waals surface area contributed by atoms with Crippen LogP contribution in [0.2, 0.25) is 5.02 Å². The number of hydrogen-bond donors (Lipinski definition) is 1. The van der Waals surface area contributed by atoms with Crippen molar-refractivity contribution in [1.29, 1.82) is 0 Å². The predicted octanol–water partition coefficient (Wildman–Crippen LogP) is 4.01. The molecule has 1 heterocycles. The average molecular weight is 360 g/mol. The van der Waals surface area contributed by atoms with Gasteiger partial charge in [0.25, 0.3) is 5.91 Å². The van der Waals surface area contributed by atoms with Crippen molar-refractivity contribution in [2.24, 2.45) is 0 Å². The molecule has 1 N–H and O–H groups in total. The van der Waals surface area contributed by atoms with Gasteiger partial charge in [-0.2, -0.15) is 0 Å². The standard InChI is InChI=1S/C18H15ClFN3O2/c19-13-4-5-17(20)16(10-13)18(24)22-14-2-1-3-15(11-14)25-9-8-23-7-6-21-12-23/h1-7,10-12H,8-9H2,(H,22,24). The number of carbonyl (C=O) groups is 1. The molecule has 3 aromatic rings. The first-order valence-electron chi connectivity index (χ1n) is 7.57. The Morgan fingerprint density at radius 1 is 1.28 bits per heavy atom. The molecule has 3 rings (SSSR count). The first-order chi connectivity index (χ1) is 12.1. The van der Waals surface area contributed by atoms with Crippen molar-refractivity contribution >= 4 is 23.2 Å². The van der Waals surface area contributed by atoms with Gasteiger partial charge in [0.1, 0.15) is 18.2 Å². The average Bonchev–Trinajstić information content (AvgIpc) is 3.11. The quantitative estimate of drug-likeness (QED) is 0.723. The number of rotatable bonds is 6. The molecule has 0 saturated carbocycles. The summed E-state index contributed by atoms with van der Waals surface area (Å²) in [6.07, 6.45) is 5.25. The van der Waals surface area contributed by atoms with Crippen LogP contribution in [0, 0.1) is 5.82 Å². The molecule has 0 radical (unpaired) electrons. The molecular weight excluding hydrogens is 345 g/mol. The summed E-state index contributed by atoms with van der Waals surface area (Å²) in [6, 6.07) is 10.7. The van der Waals surface area contributed by atoms with Crippen LogP contribution >= 0.6 is 11.6 Å². The number of nitrogens with one attached hydrogen (secondary N) is 1. The number of hydrogen-bond acceptors (Lipinski definition) is 3. The van der Waals surface area contributed by atoms with Gasteiger partial charge in [-0.3, -0.25) is 4.79 Å². The van der Waals surface area contributed by atoms with E-state index in [0.717, 1.165) is 6.07 Å². The van der Waals surface area contributed by atoms with Crippen molar-refractivity contribution in [3.8, 4) is 5.75 Å². The monoisotopic (exact) mass is 359 g/mol. The van der Waals surface area contributed by atoms with Crippen molar-refractivity contribution in [3.63, 3.8) is 0 Å². The Balaban J connectivity index is 1.63. The maximum absolute atomic E-state index is 13.8. The van der Waals surface area contributed by atoms with Gasteiger partial charge in [-0.05, 0) is 30.3 Å². The Bertz CT molecular complexity index is 869. The summed E-state index contributed by atoms with van der Waals surface area (Å²) in [6.45, 7) is 1.11. The summed E-state index contributed by atoms with van der Waals surface area (Å²) >= 11 is 5.82. The van der Waals surface area contributed by atoms with Crippen LogP contribution in [0.4, 0.5) is 10.1 Å². The lowest BCUT2D eigenvalue weighted by atomic mass is 10.2. The summed E-state index contributed by atoms with van der Waals surface area (Å²) in [4.78, 5) is 16.2. The number of amides is 1. The van der Waals surface area contributed by atoms with Gasteiger partial charge in [0, 0.05) is 29.2 Å². The van der Waals surface area contributed by atoms with Crippen molar-refractivity contribution in [2.75, 3.05) is 11.9 Å². The molecule has 1 aromatic heterocycles. The zero-order valence-corrected chi connectivity index (χ0v) is 13.9. The Morgan fingerprint density at radius 3 is 2.96 bits per heavy atom. The largest absolute Gasteiger partial charge is 0.492 e. The lowest BCUT2D eigenvalue weighted by Gasteiger charge is -2.10. The number of aromatic nitrogens is 2. The van der Waals surface area contributed by atoms with E-state index < -0.39 is 11.7 Å². The minimum Gasteiger partial charge on any atom is -0.492 e. The molecule has 0 aliphatic carbocycles. The molecule has 0 aliphatic heterocycles. The molecule has 128 valence electrons. The van der Waals surface area contributed by atoms with Crippen LogP contribution in [0.1, 0.15) is 10.4 Å². The predicted molar refractivity (Wildman–Crippen MR) is 93.5 cm³/mol. The minimum absolute atomic E-state index is 0.112. The molecule has 0 unspecified atom stereocenters. The van der Waals surface area contributed by atoms with E-state index in [2.05, 4.69) is 10.3 Å². The van der Waals surface area contributed by atoms with Crippen molar-refractivity contribution < 1.29 is 13.9 Å². The number of imidazole rings is 1. The van der Waals surface area contributed by atoms with Gasteiger partial charge < -0.3 is 14.6 Å². The van der Waals surface area contributed by atoms with E-state index in [4.69, 9.17) is 16.3 Å². The molecule has 0 bridgehead atoms. The van der Waals surface area contributed by atoms with E-state index in [0.29, 0.717) is 29.6 Å². The van der Waals surface area contributed by atoms with Crippen LogP contribution < -0.4 is 10.1 Å². The highest BCUT2D eigenvalue weighted by molar-refractivity contribution is 6.31. The van der Waals surface area contributed by atoms with Gasteiger partial charge in [-0.1, -0.05) is 17.7 Å². The van der Waals surface area contributed by atoms with E-state index in [9.17, 15) is 9.18 Å². The fourth-order valence-electron chi connectivity index (χ4n) is 2.22. The molecule has 0 fully saturated rings. The van der Waals surface area contributed by atoms with Crippen LogP contribution in [0.5, 0.6) is 5.75 Å². The normalized spacial score (nSPS) is 10.5. The molecule has 1 amide bonds. The highest BCUT2D eigenvalue weighted by Crippen LogP contribution is 2.20. The van der Waals surface area contributed by atoms with Crippen LogP contribution in [-0.4, -0.2) is 22.1 Å². The van der Waals surface area contributed by atoms with Gasteiger partial charge >= 0.3 is 0 Å². The van der Waals surface area contributed by atoms with Gasteiger partial charge in [-0.25, -0.2) is 9.37 Å². The Morgan fingerprint density at radius 2 is 2.16 bits per heavy atom. The molecule has 5 nitrogen and oxygen atoms in total. The third-order valence-electron chi connectivity index (χ3n) is 3.44. The summed E-state index contributed by atoms with van der Waals surface area (Å²) in [5, 5.41) is 2.93. The number of nitrogens with zero attached hydrogens (tertiary/aromatic N) is 2. The Kier molecular flexibility index (Phi) is 5.30. The van der Waals surface area contributed by atoms with Gasteiger partial charge in [-0.15, -0.1) is 0 Å². The second kappa shape index (κ2) is 7.81. The molecule has 0 atom stereocenters. The minimum atomic E-state index is -0.630. The maximum Gasteiger partial charge on any atom is 0.258 e. The fraction of sp³-hybridized carbons (Fsp3) is 0.111. The number of anilines is 1. The molecule has 0 aliphatic rings. The zero-order valence-electron chi connectivity index (χ0n) is 13.2. The van der Waals surface area contributed by atoms with Crippen molar-refractivity contribution in [3.05, 3.63) is 77.6 Å². The summed E-state index contributed by atoms with van der Waals surface area (Å²) in [5.74, 6) is -0.602. The van der Waals surface area contributed by atoms with Crippen LogP contribution in [-0.2, 0) is 6.54 Å². The first kappa shape index (κ1) is 17.0. The highest BCUT2D eigenvalue weighted by atomic mass is 35.5. The van der Waals surface area contributed by atoms with E-state index >= 15 is 0 Å². The first-order valence-corrected chi connectivity index (χ1v) is 7.94. The molecule has 7 heteroatoms. The lowest BCUT2D eigenvalue weighted by Crippen LogP contribution is -2.14. The van der Waals surface area contributed by atoms with E-state index in [1.165, 1.54) is 12.1 Å². The number of ether oxygens (including phenoxy) is 1. The highest BCUT2D eigenvalue weighted by Gasteiger charge is 2.12. The number of halogens is 2. The SMILES string of the molecule is O=C(Nc1cccc(OCCn2ccnc2)c1)c1cc(Cl)ccc1F. The van der Waals surface area contributed by atoms with Crippen molar-refractivity contribution in [2.45, 2.75) is 6.54 Å². The molecule has 0 saturated heterocycles. The summed E-state index contributed by atoms with van der Waals surface area (Å²) in [7, 11) is 0. The van der Waals surface area contributed by atoms with Gasteiger partial charge in [0.2, 0.25) is 0 Å². The van der Waals surface area contributed by atoms with Gasteiger partial charge in [0.05, 0.1) is 18.4 Å². The second-order valence-corrected chi connectivity index (χ2v) is 5.69. The van der Waals surface area contributed by atoms with E-state index in [-0.39, 0.29) is 5.56 Å². The summed E-state index contributed by atoms with van der Waals surface area (Å²) < 4.78 is 21.3. The third-order valence-corrected chi connectivity index (χ3v) is 3.68. The Hall–Kier alpha value is -2.86. The maximum atomic E-state index is 13.8. The molecule has 25 heavy (non-hydrogen) atoms. The molecular formula is C18H15ClFN3O2. The number of benzene rings is 2. The smallest absolute Gasteiger partial charge is 0.258 e. The second-order valence-electron chi connectivity index (χ2n) is 5.26. The lowest BCUT2D eigenvalue weighted by molar-refractivity contribution is 0.102. The molecule has 2 aromatic carbocycles.